The maximum Gasteiger partial charge on any atom is 0.408 e. The molecule has 68 valence electrons. The number of aliphatic hydroxyl groups is 1. The van der Waals surface area contributed by atoms with E-state index in [9.17, 15) is 9.59 Å². The molecule has 1 fully saturated rings. The molecule has 1 saturated heterocycles. The van der Waals surface area contributed by atoms with E-state index in [2.05, 4.69) is 0 Å². The molecule has 0 radical (unpaired) electrons. The van der Waals surface area contributed by atoms with Crippen molar-refractivity contribution >= 4 is 12.1 Å². The molecule has 3 N–H and O–H groups in total. The number of nitrogens with zero attached hydrogens (tertiary/aromatic N) is 1. The smallest absolute Gasteiger partial charge is 0.408 e. The van der Waals surface area contributed by atoms with Crippen LogP contribution in [0.3, 0.4) is 0 Å². The highest BCUT2D eigenvalue weighted by Crippen LogP contribution is 2.17. The van der Waals surface area contributed by atoms with Crippen molar-refractivity contribution in [3.8, 4) is 0 Å². The van der Waals surface area contributed by atoms with E-state index in [1.807, 2.05) is 0 Å². The fourth-order valence-electron chi connectivity index (χ4n) is 1.26. The van der Waals surface area contributed by atoms with E-state index in [0.717, 1.165) is 4.90 Å². The first kappa shape index (κ1) is 8.79. The molecule has 1 aliphatic rings. The van der Waals surface area contributed by atoms with Gasteiger partial charge in [-0.3, -0.25) is 4.90 Å². The average Bonchev–Trinajstić information content (AvgIpc) is 2.31. The monoisotopic (exact) mass is 175 g/mol. The lowest BCUT2D eigenvalue weighted by molar-refractivity contribution is -0.141. The molecule has 0 saturated carbocycles. The number of likely N-dealkylation sites (tertiary alicyclic amines) is 1. The van der Waals surface area contributed by atoms with Crippen molar-refractivity contribution in [2.75, 3.05) is 6.54 Å². The second kappa shape index (κ2) is 2.98. The number of rotatable bonds is 1. The van der Waals surface area contributed by atoms with Crippen LogP contribution in [0.15, 0.2) is 0 Å². The van der Waals surface area contributed by atoms with E-state index < -0.39 is 24.2 Å². The third kappa shape index (κ3) is 1.48. The summed E-state index contributed by atoms with van der Waals surface area (Å²) in [4.78, 5) is 21.6. The van der Waals surface area contributed by atoms with E-state index >= 15 is 0 Å². The molecule has 0 aromatic rings. The normalized spacial score (nSPS) is 28.9. The van der Waals surface area contributed by atoms with Gasteiger partial charge >= 0.3 is 12.1 Å². The molecule has 12 heavy (non-hydrogen) atoms. The fraction of sp³-hybridized carbons (Fsp3) is 0.667. The number of aliphatic carboxylic acids is 1. The number of β-amino-alcohol motifs (C(OH)–C–C–N with tert-alkyl or cyclic N) is 1. The zero-order valence-corrected chi connectivity index (χ0v) is 6.17. The van der Waals surface area contributed by atoms with Crippen LogP contribution in [0.1, 0.15) is 6.42 Å². The summed E-state index contributed by atoms with van der Waals surface area (Å²) in [5, 5.41) is 26.0. The quantitative estimate of drug-likeness (QED) is 0.484. The number of carboxylic acid groups (broad SMARTS) is 2. The predicted molar refractivity (Wildman–Crippen MR) is 36.8 cm³/mol. The number of amides is 1. The first-order valence-corrected chi connectivity index (χ1v) is 3.43. The topological polar surface area (TPSA) is 98.1 Å². The molecule has 1 heterocycles. The summed E-state index contributed by atoms with van der Waals surface area (Å²) in [7, 11) is 0. The maximum absolute atomic E-state index is 10.4. The average molecular weight is 175 g/mol. The molecule has 1 aliphatic heterocycles. The highest BCUT2D eigenvalue weighted by atomic mass is 16.4. The Labute approximate surface area is 68.0 Å². The van der Waals surface area contributed by atoms with Crippen LogP contribution in [0.4, 0.5) is 4.79 Å². The van der Waals surface area contributed by atoms with Gasteiger partial charge in [-0.25, -0.2) is 9.59 Å². The predicted octanol–water partition coefficient (Wildman–Crippen LogP) is -0.816. The van der Waals surface area contributed by atoms with Crippen molar-refractivity contribution in [2.24, 2.45) is 0 Å². The Hall–Kier alpha value is -1.30. The summed E-state index contributed by atoms with van der Waals surface area (Å²) in [6.45, 7) is -0.119. The van der Waals surface area contributed by atoms with Crippen molar-refractivity contribution in [1.82, 2.24) is 4.90 Å². The van der Waals surface area contributed by atoms with Gasteiger partial charge in [-0.05, 0) is 0 Å². The third-order valence-corrected chi connectivity index (χ3v) is 1.81. The second-order valence-electron chi connectivity index (χ2n) is 2.68. The van der Waals surface area contributed by atoms with Crippen LogP contribution in [0.5, 0.6) is 0 Å². The lowest BCUT2D eigenvalue weighted by atomic mass is 10.2. The van der Waals surface area contributed by atoms with Gasteiger partial charge in [0.25, 0.3) is 0 Å². The zero-order valence-electron chi connectivity index (χ0n) is 6.17. The minimum atomic E-state index is -1.31. The molecule has 0 unspecified atom stereocenters. The van der Waals surface area contributed by atoms with Gasteiger partial charge in [-0.2, -0.15) is 0 Å². The molecule has 0 aromatic carbocycles. The third-order valence-electron chi connectivity index (χ3n) is 1.81. The molecule has 0 aliphatic carbocycles. The molecule has 1 amide bonds. The van der Waals surface area contributed by atoms with E-state index in [1.165, 1.54) is 0 Å². The Bertz CT molecular complexity index is 194. The van der Waals surface area contributed by atoms with Gasteiger partial charge in [-0.15, -0.1) is 0 Å². The van der Waals surface area contributed by atoms with Crippen molar-refractivity contribution in [1.29, 1.82) is 0 Å². The number of hydrogen-bond donors (Lipinski definition) is 3. The number of carboxylic acids is 1. The van der Waals surface area contributed by atoms with Crippen molar-refractivity contribution < 1.29 is 24.9 Å². The summed E-state index contributed by atoms with van der Waals surface area (Å²) in [6, 6.07) is -1.10. The summed E-state index contributed by atoms with van der Waals surface area (Å²) in [5.41, 5.74) is 0. The maximum atomic E-state index is 10.4. The Morgan fingerprint density at radius 2 is 1.92 bits per heavy atom. The number of aliphatic hydroxyl groups excluding tert-OH is 1. The number of carbonyl (C=O) groups is 2. The minimum absolute atomic E-state index is 0.0262. The van der Waals surface area contributed by atoms with Gasteiger partial charge < -0.3 is 15.3 Å². The highest BCUT2D eigenvalue weighted by Gasteiger charge is 2.38. The van der Waals surface area contributed by atoms with Crippen molar-refractivity contribution in [2.45, 2.75) is 18.6 Å². The Morgan fingerprint density at radius 3 is 2.25 bits per heavy atom. The summed E-state index contributed by atoms with van der Waals surface area (Å²) in [6.07, 6.45) is -2.19. The first-order valence-electron chi connectivity index (χ1n) is 3.43. The van der Waals surface area contributed by atoms with Crippen LogP contribution < -0.4 is 0 Å². The van der Waals surface area contributed by atoms with Gasteiger partial charge in [0.2, 0.25) is 0 Å². The standard InChI is InChI=1S/C6H9NO5/c8-3-1-4(5(9)10)7(2-3)6(11)12/h3-4,8H,1-2H2,(H,9,10)(H,11,12)/t3-,4-/m1/s1. The lowest BCUT2D eigenvalue weighted by Gasteiger charge is -2.16. The van der Waals surface area contributed by atoms with Gasteiger partial charge in [-0.1, -0.05) is 0 Å². The largest absolute Gasteiger partial charge is 0.480 e. The van der Waals surface area contributed by atoms with Gasteiger partial charge in [0.15, 0.2) is 0 Å². The molecule has 2 atom stereocenters. The van der Waals surface area contributed by atoms with Crippen LogP contribution in [0.25, 0.3) is 0 Å². The Morgan fingerprint density at radius 1 is 1.33 bits per heavy atom. The van der Waals surface area contributed by atoms with Gasteiger partial charge in [0.1, 0.15) is 6.04 Å². The first-order chi connectivity index (χ1) is 5.52. The summed E-state index contributed by atoms with van der Waals surface area (Å²) >= 11 is 0. The van der Waals surface area contributed by atoms with Gasteiger partial charge in [0.05, 0.1) is 12.6 Å². The van der Waals surface area contributed by atoms with E-state index in [0.29, 0.717) is 0 Å². The summed E-state index contributed by atoms with van der Waals surface area (Å²) < 4.78 is 0. The number of hydrogen-bond acceptors (Lipinski definition) is 3. The molecular formula is C6H9NO5. The lowest BCUT2D eigenvalue weighted by Crippen LogP contribution is -2.39. The molecule has 1 rings (SSSR count). The SMILES string of the molecule is O=C(O)[C@H]1C[C@@H](O)CN1C(=O)O. The van der Waals surface area contributed by atoms with Crippen molar-refractivity contribution in [3.63, 3.8) is 0 Å². The Kier molecular flexibility index (Phi) is 2.18. The van der Waals surface area contributed by atoms with Crippen LogP contribution >= 0.6 is 0 Å². The minimum Gasteiger partial charge on any atom is -0.480 e. The molecule has 0 bridgehead atoms. The molecule has 6 heteroatoms. The van der Waals surface area contributed by atoms with Crippen LogP contribution in [-0.4, -0.2) is 51.0 Å². The van der Waals surface area contributed by atoms with E-state index in [-0.39, 0.29) is 13.0 Å². The van der Waals surface area contributed by atoms with Crippen LogP contribution in [0.2, 0.25) is 0 Å². The van der Waals surface area contributed by atoms with Crippen LogP contribution in [-0.2, 0) is 4.79 Å². The molecule has 6 nitrogen and oxygen atoms in total. The van der Waals surface area contributed by atoms with E-state index in [4.69, 9.17) is 15.3 Å². The molecule has 0 spiro atoms. The molecular weight excluding hydrogens is 166 g/mol. The van der Waals surface area contributed by atoms with Crippen molar-refractivity contribution in [3.05, 3.63) is 0 Å². The van der Waals surface area contributed by atoms with E-state index in [1.54, 1.807) is 0 Å². The molecule has 0 aromatic heterocycles. The zero-order chi connectivity index (χ0) is 9.30. The fourth-order valence-corrected chi connectivity index (χ4v) is 1.26. The van der Waals surface area contributed by atoms with Crippen LogP contribution in [0, 0.1) is 0 Å². The highest BCUT2D eigenvalue weighted by molar-refractivity contribution is 5.80. The van der Waals surface area contributed by atoms with Gasteiger partial charge in [0, 0.05) is 6.42 Å². The summed E-state index contributed by atoms with van der Waals surface area (Å²) in [5.74, 6) is -1.21. The second-order valence-corrected chi connectivity index (χ2v) is 2.68. The Balaban J connectivity index is 2.72.